The van der Waals surface area contributed by atoms with Crippen LogP contribution in [0.15, 0.2) is 48.5 Å². The Balaban J connectivity index is 1.31. The van der Waals surface area contributed by atoms with Crippen LogP contribution >= 0.6 is 0 Å². The standard InChI is InChI=1S/C27H29N5O/c1-17-12-18(2)30-26(29-17)32-16-27(15-28)10-11-31(14-23(27)32)25(33)22-9-5-7-20-13-19-6-3-4-8-21(19)24(20)22/h3-9,12,15,23,25,28,33H,10-11,13-14,16H2,1-2H3. The highest BCUT2D eigenvalue weighted by Crippen LogP contribution is 2.47. The van der Waals surface area contributed by atoms with Crippen molar-refractivity contribution in [3.05, 3.63) is 76.6 Å². The van der Waals surface area contributed by atoms with Gasteiger partial charge in [0.1, 0.15) is 6.23 Å². The van der Waals surface area contributed by atoms with Crippen LogP contribution in [0.2, 0.25) is 0 Å². The average Bonchev–Trinajstić information content (AvgIpc) is 3.18. The average molecular weight is 440 g/mol. The Bertz CT molecular complexity index is 1240. The molecular weight excluding hydrogens is 410 g/mol. The van der Waals surface area contributed by atoms with E-state index in [9.17, 15) is 5.11 Å². The highest BCUT2D eigenvalue weighted by atomic mass is 16.3. The molecule has 3 aromatic rings. The molecule has 3 unspecified atom stereocenters. The molecule has 1 aliphatic carbocycles. The van der Waals surface area contributed by atoms with Crippen molar-refractivity contribution in [2.45, 2.75) is 39.0 Å². The number of fused-ring (bicyclic) bond motifs is 4. The molecular formula is C27H29N5O. The lowest BCUT2D eigenvalue weighted by Crippen LogP contribution is -2.72. The number of anilines is 1. The second kappa shape index (κ2) is 7.47. The van der Waals surface area contributed by atoms with Gasteiger partial charge in [-0.1, -0.05) is 42.5 Å². The van der Waals surface area contributed by atoms with Crippen molar-refractivity contribution in [3.63, 3.8) is 0 Å². The second-order valence-corrected chi connectivity index (χ2v) is 9.81. The van der Waals surface area contributed by atoms with E-state index in [0.717, 1.165) is 48.8 Å². The van der Waals surface area contributed by atoms with E-state index in [0.29, 0.717) is 6.54 Å². The maximum absolute atomic E-state index is 11.6. The third-order valence-electron chi connectivity index (χ3n) is 7.77. The number of nitrogens with one attached hydrogen (secondary N) is 1. The van der Waals surface area contributed by atoms with Gasteiger partial charge in [0.15, 0.2) is 0 Å². The van der Waals surface area contributed by atoms with E-state index in [1.54, 1.807) is 6.21 Å². The normalized spacial score (nSPS) is 24.5. The number of rotatable bonds is 4. The first-order valence-electron chi connectivity index (χ1n) is 11.7. The monoisotopic (exact) mass is 439 g/mol. The molecule has 2 aromatic carbocycles. The first-order chi connectivity index (χ1) is 16.0. The number of aliphatic hydroxyl groups is 1. The Hall–Kier alpha value is -3.09. The number of benzene rings is 2. The molecule has 6 rings (SSSR count). The number of nitrogens with zero attached hydrogens (tertiary/aromatic N) is 4. The third-order valence-corrected chi connectivity index (χ3v) is 7.77. The quantitative estimate of drug-likeness (QED) is 0.472. The lowest BCUT2D eigenvalue weighted by molar-refractivity contribution is -0.0471. The fraction of sp³-hybridized carbons (Fsp3) is 0.370. The van der Waals surface area contributed by atoms with Crippen molar-refractivity contribution in [1.29, 1.82) is 5.41 Å². The lowest BCUT2D eigenvalue weighted by Gasteiger charge is -2.60. The Kier molecular flexibility index (Phi) is 4.64. The number of likely N-dealkylation sites (tertiary alicyclic amines) is 1. The van der Waals surface area contributed by atoms with E-state index in [1.165, 1.54) is 22.3 Å². The smallest absolute Gasteiger partial charge is 0.226 e. The molecule has 0 bridgehead atoms. The highest BCUT2D eigenvalue weighted by molar-refractivity contribution is 5.79. The van der Waals surface area contributed by atoms with Crippen molar-refractivity contribution in [2.24, 2.45) is 5.41 Å². The molecule has 3 aliphatic rings. The van der Waals surface area contributed by atoms with Gasteiger partial charge < -0.3 is 15.4 Å². The molecule has 0 saturated carbocycles. The Morgan fingerprint density at radius 1 is 1.09 bits per heavy atom. The molecule has 2 aliphatic heterocycles. The van der Waals surface area contributed by atoms with Crippen molar-refractivity contribution in [2.75, 3.05) is 24.5 Å². The van der Waals surface area contributed by atoms with Crippen LogP contribution in [0.4, 0.5) is 5.95 Å². The zero-order valence-electron chi connectivity index (χ0n) is 19.1. The number of aryl methyl sites for hydroxylation is 2. The summed E-state index contributed by atoms with van der Waals surface area (Å²) in [5, 5.41) is 19.7. The van der Waals surface area contributed by atoms with E-state index in [1.807, 2.05) is 19.9 Å². The predicted molar refractivity (Wildman–Crippen MR) is 130 cm³/mol. The summed E-state index contributed by atoms with van der Waals surface area (Å²) in [5.74, 6) is 0.737. The minimum Gasteiger partial charge on any atom is -0.374 e. The van der Waals surface area contributed by atoms with E-state index in [-0.39, 0.29) is 11.5 Å². The van der Waals surface area contributed by atoms with Crippen molar-refractivity contribution >= 4 is 12.2 Å². The van der Waals surface area contributed by atoms with Crippen LogP contribution in [-0.4, -0.2) is 51.9 Å². The Labute approximate surface area is 194 Å². The SMILES string of the molecule is Cc1cc(C)nc(N2CC3(C=N)CCN(C(O)c4cccc5c4-c4ccccc4C5)CC23)n1. The summed E-state index contributed by atoms with van der Waals surface area (Å²) in [7, 11) is 0. The van der Waals surface area contributed by atoms with Crippen molar-refractivity contribution in [1.82, 2.24) is 14.9 Å². The summed E-state index contributed by atoms with van der Waals surface area (Å²) < 4.78 is 0. The zero-order valence-corrected chi connectivity index (χ0v) is 19.1. The molecule has 33 heavy (non-hydrogen) atoms. The fourth-order valence-electron chi connectivity index (χ4n) is 6.04. The molecule has 3 atom stereocenters. The Morgan fingerprint density at radius 3 is 2.64 bits per heavy atom. The van der Waals surface area contributed by atoms with Gasteiger partial charge in [0.25, 0.3) is 0 Å². The number of hydrogen-bond acceptors (Lipinski definition) is 6. The van der Waals surface area contributed by atoms with Gasteiger partial charge >= 0.3 is 0 Å². The van der Waals surface area contributed by atoms with Crippen LogP contribution in [0.1, 0.15) is 40.7 Å². The van der Waals surface area contributed by atoms with Crippen LogP contribution in [0.3, 0.4) is 0 Å². The summed E-state index contributed by atoms with van der Waals surface area (Å²) in [4.78, 5) is 13.7. The minimum absolute atomic E-state index is 0.0867. The van der Waals surface area contributed by atoms with E-state index in [4.69, 9.17) is 5.41 Å². The summed E-state index contributed by atoms with van der Waals surface area (Å²) in [6.07, 6.45) is 2.71. The van der Waals surface area contributed by atoms with Gasteiger partial charge in [-0.05, 0) is 55.0 Å². The van der Waals surface area contributed by atoms with Gasteiger partial charge in [0, 0.05) is 48.2 Å². The summed E-state index contributed by atoms with van der Waals surface area (Å²) in [5.41, 5.74) is 7.76. The molecule has 2 N–H and O–H groups in total. The fourth-order valence-corrected chi connectivity index (χ4v) is 6.04. The third kappa shape index (κ3) is 3.12. The van der Waals surface area contributed by atoms with Crippen molar-refractivity contribution < 1.29 is 5.11 Å². The van der Waals surface area contributed by atoms with Gasteiger partial charge in [-0.3, -0.25) is 4.90 Å². The lowest BCUT2D eigenvalue weighted by atomic mass is 9.67. The minimum atomic E-state index is -0.683. The van der Waals surface area contributed by atoms with Crippen LogP contribution in [0.5, 0.6) is 0 Å². The number of hydrogen-bond donors (Lipinski definition) is 2. The van der Waals surface area contributed by atoms with Crippen LogP contribution in [0.25, 0.3) is 11.1 Å². The molecule has 3 heterocycles. The van der Waals surface area contributed by atoms with Gasteiger partial charge in [0.05, 0.1) is 6.04 Å². The van der Waals surface area contributed by atoms with Crippen LogP contribution in [-0.2, 0) is 6.42 Å². The molecule has 168 valence electrons. The molecule has 1 aromatic heterocycles. The molecule has 2 fully saturated rings. The zero-order chi connectivity index (χ0) is 22.7. The molecule has 6 nitrogen and oxygen atoms in total. The van der Waals surface area contributed by atoms with E-state index >= 15 is 0 Å². The first kappa shape index (κ1) is 20.5. The Morgan fingerprint density at radius 2 is 1.85 bits per heavy atom. The molecule has 0 spiro atoms. The van der Waals surface area contributed by atoms with Gasteiger partial charge in [0.2, 0.25) is 5.95 Å². The predicted octanol–water partition coefficient (Wildman–Crippen LogP) is 3.89. The largest absolute Gasteiger partial charge is 0.374 e. The van der Waals surface area contributed by atoms with Crippen molar-refractivity contribution in [3.8, 4) is 11.1 Å². The molecule has 0 amide bonds. The second-order valence-electron chi connectivity index (χ2n) is 9.81. The molecule has 6 heteroatoms. The summed E-state index contributed by atoms with van der Waals surface area (Å²) in [6, 6.07) is 16.9. The number of aromatic nitrogens is 2. The molecule has 0 radical (unpaired) electrons. The maximum Gasteiger partial charge on any atom is 0.226 e. The van der Waals surface area contributed by atoms with E-state index < -0.39 is 6.23 Å². The number of piperidine rings is 1. The summed E-state index contributed by atoms with van der Waals surface area (Å²) >= 11 is 0. The topological polar surface area (TPSA) is 76.3 Å². The summed E-state index contributed by atoms with van der Waals surface area (Å²) in [6.45, 7) is 6.19. The highest BCUT2D eigenvalue weighted by Gasteiger charge is 2.55. The van der Waals surface area contributed by atoms with Crippen LogP contribution < -0.4 is 4.90 Å². The van der Waals surface area contributed by atoms with Gasteiger partial charge in [-0.15, -0.1) is 0 Å². The van der Waals surface area contributed by atoms with E-state index in [2.05, 4.69) is 62.2 Å². The van der Waals surface area contributed by atoms with Gasteiger partial charge in [-0.2, -0.15) is 0 Å². The number of aliphatic hydroxyl groups excluding tert-OH is 1. The molecule has 2 saturated heterocycles. The maximum atomic E-state index is 11.6. The first-order valence-corrected chi connectivity index (χ1v) is 11.7. The van der Waals surface area contributed by atoms with Crippen LogP contribution in [0, 0.1) is 24.7 Å². The van der Waals surface area contributed by atoms with Gasteiger partial charge in [-0.25, -0.2) is 9.97 Å².